The van der Waals surface area contributed by atoms with Gasteiger partial charge >= 0.3 is 5.97 Å². The van der Waals surface area contributed by atoms with Crippen molar-refractivity contribution in [3.8, 4) is 0 Å². The number of ether oxygens (including phenoxy) is 1. The summed E-state index contributed by atoms with van der Waals surface area (Å²) in [5.74, 6) is -0.647. The molecular weight excluding hydrogens is 255 g/mol. The molecule has 1 aromatic carbocycles. The van der Waals surface area contributed by atoms with E-state index in [-0.39, 0.29) is 0 Å². The van der Waals surface area contributed by atoms with Crippen molar-refractivity contribution in [3.05, 3.63) is 59.2 Å². The van der Waals surface area contributed by atoms with E-state index in [4.69, 9.17) is 4.74 Å². The standard InChI is InChI=1S/C17H21FO2/c1-13(2)8-7-9-14(3)12-16(18)20-17(19)15-10-5-4-6-11-15/h4-6,8,10-12,16H,7,9H2,1-3H3/b14-12+. The molecule has 3 heteroatoms. The van der Waals surface area contributed by atoms with Crippen LogP contribution in [0, 0.1) is 0 Å². The molecule has 0 aliphatic carbocycles. The van der Waals surface area contributed by atoms with E-state index in [1.165, 1.54) is 11.6 Å². The number of hydrogen-bond acceptors (Lipinski definition) is 2. The van der Waals surface area contributed by atoms with Crippen LogP contribution < -0.4 is 0 Å². The van der Waals surface area contributed by atoms with E-state index in [1.807, 2.05) is 20.8 Å². The van der Waals surface area contributed by atoms with Crippen LogP contribution >= 0.6 is 0 Å². The molecule has 0 heterocycles. The van der Waals surface area contributed by atoms with E-state index >= 15 is 0 Å². The molecular formula is C17H21FO2. The third-order valence-electron chi connectivity index (χ3n) is 2.74. The van der Waals surface area contributed by atoms with E-state index in [1.54, 1.807) is 30.3 Å². The predicted molar refractivity (Wildman–Crippen MR) is 79.2 cm³/mol. The predicted octanol–water partition coefficient (Wildman–Crippen LogP) is 4.83. The highest BCUT2D eigenvalue weighted by atomic mass is 19.1. The van der Waals surface area contributed by atoms with Gasteiger partial charge in [-0.25, -0.2) is 4.79 Å². The summed E-state index contributed by atoms with van der Waals surface area (Å²) < 4.78 is 18.4. The molecule has 0 radical (unpaired) electrons. The van der Waals surface area contributed by atoms with Gasteiger partial charge in [0.2, 0.25) is 0 Å². The summed E-state index contributed by atoms with van der Waals surface area (Å²) in [6, 6.07) is 8.41. The monoisotopic (exact) mass is 276 g/mol. The largest absolute Gasteiger partial charge is 0.424 e. The maximum absolute atomic E-state index is 13.6. The Morgan fingerprint density at radius 2 is 1.90 bits per heavy atom. The summed E-state index contributed by atoms with van der Waals surface area (Å²) in [5, 5.41) is 0. The number of benzene rings is 1. The first-order chi connectivity index (χ1) is 9.49. The number of hydrogen-bond donors (Lipinski definition) is 0. The molecule has 0 bridgehead atoms. The van der Waals surface area contributed by atoms with Crippen LogP contribution in [0.15, 0.2) is 53.6 Å². The van der Waals surface area contributed by atoms with E-state index in [0.29, 0.717) is 5.56 Å². The van der Waals surface area contributed by atoms with E-state index in [9.17, 15) is 9.18 Å². The zero-order chi connectivity index (χ0) is 15.0. The first kappa shape index (κ1) is 16.2. The van der Waals surface area contributed by atoms with Gasteiger partial charge in [-0.05, 0) is 51.8 Å². The van der Waals surface area contributed by atoms with Crippen molar-refractivity contribution in [2.24, 2.45) is 0 Å². The lowest BCUT2D eigenvalue weighted by molar-refractivity contribution is 0.00603. The fraction of sp³-hybridized carbons (Fsp3) is 0.353. The molecule has 1 unspecified atom stereocenters. The Kier molecular flexibility index (Phi) is 6.71. The highest BCUT2D eigenvalue weighted by Crippen LogP contribution is 2.11. The zero-order valence-corrected chi connectivity index (χ0v) is 12.2. The number of alkyl halides is 1. The number of allylic oxidation sites excluding steroid dienone is 3. The van der Waals surface area contributed by atoms with Gasteiger partial charge < -0.3 is 4.74 Å². The molecule has 1 atom stereocenters. The average molecular weight is 276 g/mol. The molecule has 108 valence electrons. The summed E-state index contributed by atoms with van der Waals surface area (Å²) >= 11 is 0. The molecule has 2 nitrogen and oxygen atoms in total. The lowest BCUT2D eigenvalue weighted by Gasteiger charge is -2.08. The third kappa shape index (κ3) is 6.32. The van der Waals surface area contributed by atoms with Crippen molar-refractivity contribution in [1.29, 1.82) is 0 Å². The van der Waals surface area contributed by atoms with Crippen molar-refractivity contribution in [1.82, 2.24) is 0 Å². The van der Waals surface area contributed by atoms with E-state index in [0.717, 1.165) is 18.4 Å². The van der Waals surface area contributed by atoms with Gasteiger partial charge in [-0.3, -0.25) is 0 Å². The van der Waals surface area contributed by atoms with Crippen LogP contribution in [0.5, 0.6) is 0 Å². The summed E-state index contributed by atoms with van der Waals surface area (Å²) in [4.78, 5) is 11.6. The van der Waals surface area contributed by atoms with Crippen LogP contribution in [0.2, 0.25) is 0 Å². The van der Waals surface area contributed by atoms with Crippen molar-refractivity contribution in [3.63, 3.8) is 0 Å². The molecule has 20 heavy (non-hydrogen) atoms. The van der Waals surface area contributed by atoms with Gasteiger partial charge in [0.05, 0.1) is 5.56 Å². The first-order valence-corrected chi connectivity index (χ1v) is 6.70. The third-order valence-corrected chi connectivity index (χ3v) is 2.74. The second-order valence-electron chi connectivity index (χ2n) is 4.96. The van der Waals surface area contributed by atoms with Crippen molar-refractivity contribution >= 4 is 5.97 Å². The van der Waals surface area contributed by atoms with Crippen LogP contribution in [0.25, 0.3) is 0 Å². The second-order valence-corrected chi connectivity index (χ2v) is 4.96. The Morgan fingerprint density at radius 3 is 2.50 bits per heavy atom. The molecule has 0 aliphatic rings. The number of carbonyl (C=O) groups excluding carboxylic acids is 1. The second kappa shape index (κ2) is 8.31. The SMILES string of the molecule is CC(C)=CCC/C(C)=C/C(F)OC(=O)c1ccccc1. The number of carbonyl (C=O) groups is 1. The van der Waals surface area contributed by atoms with Crippen molar-refractivity contribution < 1.29 is 13.9 Å². The minimum Gasteiger partial charge on any atom is -0.424 e. The van der Waals surface area contributed by atoms with Crippen molar-refractivity contribution in [2.45, 2.75) is 40.0 Å². The van der Waals surface area contributed by atoms with Gasteiger partial charge in [-0.2, -0.15) is 4.39 Å². The maximum atomic E-state index is 13.6. The Labute approximate surface area is 120 Å². The Balaban J connectivity index is 2.48. The number of rotatable bonds is 6. The molecule has 0 fully saturated rings. The fourth-order valence-electron chi connectivity index (χ4n) is 1.67. The lowest BCUT2D eigenvalue weighted by Crippen LogP contribution is -2.12. The van der Waals surface area contributed by atoms with Crippen LogP contribution in [-0.4, -0.2) is 12.3 Å². The average Bonchev–Trinajstić information content (AvgIpc) is 2.38. The van der Waals surface area contributed by atoms with Crippen molar-refractivity contribution in [2.75, 3.05) is 0 Å². The summed E-state index contributed by atoms with van der Waals surface area (Å²) in [6.45, 7) is 5.89. The minimum absolute atomic E-state index is 0.353. The Bertz CT molecular complexity index is 485. The molecule has 0 amide bonds. The molecule has 1 aromatic rings. The van der Waals surface area contributed by atoms with Gasteiger partial charge in [0.25, 0.3) is 6.36 Å². The van der Waals surface area contributed by atoms with Crippen LogP contribution in [0.1, 0.15) is 44.0 Å². The highest BCUT2D eigenvalue weighted by Gasteiger charge is 2.12. The van der Waals surface area contributed by atoms with E-state index in [2.05, 4.69) is 6.08 Å². The van der Waals surface area contributed by atoms with Crippen LogP contribution in [0.3, 0.4) is 0 Å². The fourth-order valence-corrected chi connectivity index (χ4v) is 1.67. The van der Waals surface area contributed by atoms with Gasteiger partial charge in [0.15, 0.2) is 0 Å². The number of halogens is 1. The van der Waals surface area contributed by atoms with Gasteiger partial charge in [-0.15, -0.1) is 0 Å². The summed E-state index contributed by atoms with van der Waals surface area (Å²) in [6.07, 6.45) is 3.37. The van der Waals surface area contributed by atoms with Crippen LogP contribution in [0.4, 0.5) is 4.39 Å². The molecule has 0 spiro atoms. The first-order valence-electron chi connectivity index (χ1n) is 6.70. The summed E-state index contributed by atoms with van der Waals surface area (Å²) in [5.41, 5.74) is 2.46. The van der Waals surface area contributed by atoms with E-state index < -0.39 is 12.3 Å². The van der Waals surface area contributed by atoms with Gasteiger partial charge in [0.1, 0.15) is 0 Å². The van der Waals surface area contributed by atoms with Gasteiger partial charge in [0, 0.05) is 0 Å². The Morgan fingerprint density at radius 1 is 1.25 bits per heavy atom. The molecule has 0 aliphatic heterocycles. The topological polar surface area (TPSA) is 26.3 Å². The number of esters is 1. The Hall–Kier alpha value is -1.90. The molecule has 0 aromatic heterocycles. The summed E-state index contributed by atoms with van der Waals surface area (Å²) in [7, 11) is 0. The minimum atomic E-state index is -1.70. The van der Waals surface area contributed by atoms with Gasteiger partial charge in [-0.1, -0.05) is 35.4 Å². The maximum Gasteiger partial charge on any atom is 0.340 e. The lowest BCUT2D eigenvalue weighted by atomic mass is 10.1. The quantitative estimate of drug-likeness (QED) is 0.549. The highest BCUT2D eigenvalue weighted by molar-refractivity contribution is 5.89. The van der Waals surface area contributed by atoms with Crippen LogP contribution in [-0.2, 0) is 4.74 Å². The molecule has 1 rings (SSSR count). The smallest absolute Gasteiger partial charge is 0.340 e. The molecule has 0 N–H and O–H groups in total. The zero-order valence-electron chi connectivity index (χ0n) is 12.2. The molecule has 0 saturated carbocycles. The normalized spacial score (nSPS) is 12.7. The molecule has 0 saturated heterocycles.